The molecular weight excluding hydrogens is 402 g/mol. The maximum absolute atomic E-state index is 13.9. The van der Waals surface area contributed by atoms with Gasteiger partial charge in [-0.1, -0.05) is 12.1 Å². The van der Waals surface area contributed by atoms with Crippen LogP contribution in [0.5, 0.6) is 0 Å². The van der Waals surface area contributed by atoms with Gasteiger partial charge < -0.3 is 14.6 Å². The van der Waals surface area contributed by atoms with Crippen molar-refractivity contribution in [3.63, 3.8) is 0 Å². The number of carbonyl (C=O) groups excluding carboxylic acids is 1. The van der Waals surface area contributed by atoms with Crippen molar-refractivity contribution in [2.24, 2.45) is 0 Å². The molecule has 3 aromatic rings. The Bertz CT molecular complexity index is 1080. The lowest BCUT2D eigenvalue weighted by Crippen LogP contribution is -2.30. The topological polar surface area (TPSA) is 71.3 Å². The maximum Gasteiger partial charge on any atom is 0.259 e. The molecule has 31 heavy (non-hydrogen) atoms. The van der Waals surface area contributed by atoms with Gasteiger partial charge >= 0.3 is 0 Å². The van der Waals surface area contributed by atoms with Crippen molar-refractivity contribution in [2.45, 2.75) is 39.0 Å². The van der Waals surface area contributed by atoms with Crippen molar-refractivity contribution in [1.82, 2.24) is 9.97 Å². The molecule has 1 aromatic carbocycles. The summed E-state index contributed by atoms with van der Waals surface area (Å²) in [4.78, 5) is 23.6. The lowest BCUT2D eigenvalue weighted by atomic mass is 10.0. The van der Waals surface area contributed by atoms with E-state index in [-0.39, 0.29) is 25.3 Å². The van der Waals surface area contributed by atoms with Gasteiger partial charge in [0, 0.05) is 43.4 Å². The van der Waals surface area contributed by atoms with Crippen LogP contribution in [0.15, 0.2) is 47.5 Å². The fourth-order valence-electron chi connectivity index (χ4n) is 3.89. The first-order chi connectivity index (χ1) is 14.8. The van der Waals surface area contributed by atoms with E-state index in [0.717, 1.165) is 5.56 Å². The third-order valence-corrected chi connectivity index (χ3v) is 5.54. The zero-order chi connectivity index (χ0) is 22.0. The smallest absolute Gasteiger partial charge is 0.259 e. The highest BCUT2D eigenvalue weighted by atomic mass is 19.3. The van der Waals surface area contributed by atoms with Gasteiger partial charge in [-0.3, -0.25) is 4.79 Å². The average Bonchev–Trinajstić information content (AvgIpc) is 3.18. The van der Waals surface area contributed by atoms with Crippen molar-refractivity contribution in [3.8, 4) is 11.3 Å². The number of oxazole rings is 1. The van der Waals surface area contributed by atoms with Crippen molar-refractivity contribution >= 4 is 17.4 Å². The molecule has 1 saturated heterocycles. The van der Waals surface area contributed by atoms with Crippen LogP contribution in [-0.4, -0.2) is 34.9 Å². The molecule has 0 unspecified atom stereocenters. The van der Waals surface area contributed by atoms with Gasteiger partial charge in [0.25, 0.3) is 5.91 Å². The number of aryl methyl sites for hydroxylation is 1. The highest BCUT2D eigenvalue weighted by Crippen LogP contribution is 2.34. The van der Waals surface area contributed by atoms with Crippen LogP contribution >= 0.6 is 0 Å². The number of rotatable bonds is 4. The predicted molar refractivity (Wildman–Crippen MR) is 115 cm³/mol. The van der Waals surface area contributed by atoms with Crippen LogP contribution in [0, 0.1) is 13.8 Å². The largest absolute Gasteiger partial charge is 0.443 e. The molecule has 1 fully saturated rings. The third-order valence-electron chi connectivity index (χ3n) is 5.54. The average molecular weight is 426 g/mol. The Labute approximate surface area is 179 Å². The number of benzene rings is 1. The number of anilines is 2. The number of pyridine rings is 1. The highest BCUT2D eigenvalue weighted by Gasteiger charge is 2.33. The van der Waals surface area contributed by atoms with Crippen molar-refractivity contribution in [2.75, 3.05) is 23.3 Å². The van der Waals surface area contributed by atoms with Gasteiger partial charge in [-0.15, -0.1) is 0 Å². The second-order valence-electron chi connectivity index (χ2n) is 7.88. The van der Waals surface area contributed by atoms with Crippen LogP contribution in [0.4, 0.5) is 20.3 Å². The number of carbonyl (C=O) groups is 1. The van der Waals surface area contributed by atoms with Crippen LogP contribution in [0.3, 0.4) is 0 Å². The summed E-state index contributed by atoms with van der Waals surface area (Å²) >= 11 is 0. The van der Waals surface area contributed by atoms with Gasteiger partial charge in [-0.25, -0.2) is 18.7 Å². The van der Waals surface area contributed by atoms with Gasteiger partial charge in [0.1, 0.15) is 5.82 Å². The molecular formula is C23H24F2N4O2. The van der Waals surface area contributed by atoms with Crippen LogP contribution in [0.25, 0.3) is 11.3 Å². The molecule has 0 saturated carbocycles. The normalized spacial score (nSPS) is 16.1. The third kappa shape index (κ3) is 4.57. The van der Waals surface area contributed by atoms with Gasteiger partial charge in [0.15, 0.2) is 12.2 Å². The summed E-state index contributed by atoms with van der Waals surface area (Å²) in [5.74, 6) is -2.15. The quantitative estimate of drug-likeness (QED) is 0.618. The van der Waals surface area contributed by atoms with E-state index in [4.69, 9.17) is 4.42 Å². The number of hydrogen-bond donors (Lipinski definition) is 1. The summed E-state index contributed by atoms with van der Waals surface area (Å²) in [6.45, 7) is 4.29. The van der Waals surface area contributed by atoms with Crippen LogP contribution in [0.1, 0.15) is 40.7 Å². The Kier molecular flexibility index (Phi) is 5.71. The molecule has 0 radical (unpaired) electrons. The van der Waals surface area contributed by atoms with Crippen molar-refractivity contribution < 1.29 is 18.0 Å². The number of halogens is 2. The minimum Gasteiger partial charge on any atom is -0.443 e. The van der Waals surface area contributed by atoms with E-state index in [1.54, 1.807) is 30.3 Å². The Morgan fingerprint density at radius 3 is 2.77 bits per heavy atom. The van der Waals surface area contributed by atoms with Gasteiger partial charge in [0.2, 0.25) is 5.92 Å². The van der Waals surface area contributed by atoms with E-state index < -0.39 is 5.92 Å². The molecule has 0 spiro atoms. The zero-order valence-electron chi connectivity index (χ0n) is 17.5. The summed E-state index contributed by atoms with van der Waals surface area (Å²) in [5, 5.41) is 2.92. The first-order valence-corrected chi connectivity index (χ1v) is 10.2. The number of amides is 1. The van der Waals surface area contributed by atoms with E-state index in [0.29, 0.717) is 46.9 Å². The minimum atomic E-state index is -2.70. The van der Waals surface area contributed by atoms with E-state index in [1.807, 2.05) is 25.1 Å². The second-order valence-corrected chi connectivity index (χ2v) is 7.88. The molecule has 0 atom stereocenters. The molecule has 4 rings (SSSR count). The fourth-order valence-corrected chi connectivity index (χ4v) is 3.89. The summed E-state index contributed by atoms with van der Waals surface area (Å²) < 4.78 is 33.2. The Balaban J connectivity index is 1.75. The summed E-state index contributed by atoms with van der Waals surface area (Å²) in [6, 6.07) is 7.47. The molecule has 162 valence electrons. The number of alkyl halides is 2. The Hall–Kier alpha value is -3.29. The van der Waals surface area contributed by atoms with E-state index in [9.17, 15) is 13.6 Å². The van der Waals surface area contributed by atoms with E-state index >= 15 is 0 Å². The predicted octanol–water partition coefficient (Wildman–Crippen LogP) is 5.23. The monoisotopic (exact) mass is 426 g/mol. The fraction of sp³-hybridized carbons (Fsp3) is 0.348. The molecule has 1 N–H and O–H groups in total. The van der Waals surface area contributed by atoms with Crippen molar-refractivity contribution in [1.29, 1.82) is 0 Å². The molecule has 8 heteroatoms. The molecule has 1 aliphatic heterocycles. The Morgan fingerprint density at radius 2 is 2.03 bits per heavy atom. The minimum absolute atomic E-state index is 0.131. The van der Waals surface area contributed by atoms with Gasteiger partial charge in [0.05, 0.1) is 11.8 Å². The number of aromatic nitrogens is 2. The SMILES string of the molecule is Cc1cccc(NC(=O)c2c(N3CCCC(F)(F)CC3)ncc(-c3cnco3)c2C)c1. The molecule has 3 heterocycles. The zero-order valence-corrected chi connectivity index (χ0v) is 17.5. The molecule has 1 aliphatic rings. The number of hydrogen-bond acceptors (Lipinski definition) is 5. The standard InChI is InChI=1S/C23H24F2N4O2/c1-15-5-3-6-17(11-15)28-22(30)20-16(2)18(19-13-26-14-31-19)12-27-21(20)29-9-4-7-23(24,25)8-10-29/h3,5-6,11-14H,4,7-10H2,1-2H3,(H,28,30). The van der Waals surface area contributed by atoms with Gasteiger partial charge in [-0.05, 0) is 43.5 Å². The first-order valence-electron chi connectivity index (χ1n) is 10.2. The lowest BCUT2D eigenvalue weighted by molar-refractivity contribution is -0.0102. The summed E-state index contributed by atoms with van der Waals surface area (Å²) in [5.41, 5.74) is 3.31. The number of nitrogens with one attached hydrogen (secondary N) is 1. The molecule has 0 bridgehead atoms. The number of nitrogens with zero attached hydrogens (tertiary/aromatic N) is 3. The summed E-state index contributed by atoms with van der Waals surface area (Å²) in [6.07, 6.45) is 4.37. The van der Waals surface area contributed by atoms with Crippen LogP contribution in [-0.2, 0) is 0 Å². The maximum atomic E-state index is 13.9. The molecule has 6 nitrogen and oxygen atoms in total. The molecule has 1 amide bonds. The molecule has 0 aliphatic carbocycles. The molecule has 2 aromatic heterocycles. The van der Waals surface area contributed by atoms with Gasteiger partial charge in [-0.2, -0.15) is 0 Å². The lowest BCUT2D eigenvalue weighted by Gasteiger charge is -2.25. The van der Waals surface area contributed by atoms with Crippen molar-refractivity contribution in [3.05, 3.63) is 59.7 Å². The first kappa shape index (κ1) is 21.0. The van der Waals surface area contributed by atoms with Crippen LogP contribution < -0.4 is 10.2 Å². The Morgan fingerprint density at radius 1 is 1.19 bits per heavy atom. The second kappa shape index (κ2) is 8.45. The van der Waals surface area contributed by atoms with E-state index in [2.05, 4.69) is 15.3 Å². The van der Waals surface area contributed by atoms with E-state index in [1.165, 1.54) is 6.39 Å². The highest BCUT2D eigenvalue weighted by molar-refractivity contribution is 6.09. The van der Waals surface area contributed by atoms with Crippen LogP contribution in [0.2, 0.25) is 0 Å². The summed E-state index contributed by atoms with van der Waals surface area (Å²) in [7, 11) is 0.